The van der Waals surface area contributed by atoms with Crippen LogP contribution in [0.25, 0.3) is 0 Å². The van der Waals surface area contributed by atoms with Crippen molar-refractivity contribution in [3.05, 3.63) is 53.7 Å². The molecule has 0 spiro atoms. The standard InChI is InChI=1S/C10H10N2S/c1-2-5-9(6-3-1)11-10-7-4-8-13-12-10/h1-8,11-12H. The number of benzene rings is 1. The van der Waals surface area contributed by atoms with Gasteiger partial charge in [0.2, 0.25) is 0 Å². The van der Waals surface area contributed by atoms with Gasteiger partial charge in [0, 0.05) is 5.69 Å². The molecule has 0 saturated carbocycles. The number of hydrogen-bond donors (Lipinski definition) is 2. The number of allylic oxidation sites excluding steroid dienone is 2. The predicted octanol–water partition coefficient (Wildman–Crippen LogP) is 2.71. The normalized spacial score (nSPS) is 14.6. The lowest BCUT2D eigenvalue weighted by Crippen LogP contribution is -2.13. The van der Waals surface area contributed by atoms with E-state index in [9.17, 15) is 0 Å². The van der Waals surface area contributed by atoms with Crippen LogP contribution in [-0.4, -0.2) is 0 Å². The zero-order valence-corrected chi connectivity index (χ0v) is 7.84. The van der Waals surface area contributed by atoms with Crippen molar-refractivity contribution in [2.24, 2.45) is 0 Å². The summed E-state index contributed by atoms with van der Waals surface area (Å²) in [7, 11) is 0. The highest BCUT2D eigenvalue weighted by molar-refractivity contribution is 8.00. The number of hydrogen-bond acceptors (Lipinski definition) is 3. The van der Waals surface area contributed by atoms with Gasteiger partial charge in [0.05, 0.1) is 0 Å². The zero-order valence-electron chi connectivity index (χ0n) is 7.03. The highest BCUT2D eigenvalue weighted by Crippen LogP contribution is 2.12. The van der Waals surface area contributed by atoms with Gasteiger partial charge in [-0.15, -0.1) is 0 Å². The van der Waals surface area contributed by atoms with Gasteiger partial charge in [-0.05, 0) is 35.6 Å². The minimum atomic E-state index is 1.01. The first-order valence-electron chi connectivity index (χ1n) is 4.06. The average molecular weight is 190 g/mol. The molecule has 0 unspecified atom stereocenters. The molecule has 1 aliphatic rings. The van der Waals surface area contributed by atoms with Crippen molar-refractivity contribution in [1.29, 1.82) is 0 Å². The van der Waals surface area contributed by atoms with E-state index in [-0.39, 0.29) is 0 Å². The third-order valence-electron chi connectivity index (χ3n) is 1.63. The Morgan fingerprint density at radius 2 is 2.00 bits per heavy atom. The van der Waals surface area contributed by atoms with Gasteiger partial charge in [-0.3, -0.25) is 0 Å². The second-order valence-corrected chi connectivity index (χ2v) is 3.33. The fourth-order valence-electron chi connectivity index (χ4n) is 1.05. The second kappa shape index (κ2) is 4.05. The van der Waals surface area contributed by atoms with E-state index in [0.29, 0.717) is 0 Å². The first-order valence-corrected chi connectivity index (χ1v) is 4.94. The van der Waals surface area contributed by atoms with Crippen LogP contribution in [0.1, 0.15) is 0 Å². The molecule has 1 heterocycles. The SMILES string of the molecule is C1=CSNC(Nc2ccccc2)=C1. The van der Waals surface area contributed by atoms with Crippen LogP contribution < -0.4 is 10.0 Å². The van der Waals surface area contributed by atoms with E-state index in [1.54, 1.807) is 11.9 Å². The Labute approximate surface area is 81.9 Å². The van der Waals surface area contributed by atoms with Gasteiger partial charge < -0.3 is 10.0 Å². The van der Waals surface area contributed by atoms with Gasteiger partial charge in [0.15, 0.2) is 0 Å². The predicted molar refractivity (Wildman–Crippen MR) is 58.0 cm³/mol. The first-order chi connectivity index (χ1) is 6.45. The smallest absolute Gasteiger partial charge is 0.113 e. The lowest BCUT2D eigenvalue weighted by Gasteiger charge is -2.12. The molecule has 0 radical (unpaired) electrons. The van der Waals surface area contributed by atoms with Gasteiger partial charge in [-0.25, -0.2) is 0 Å². The summed E-state index contributed by atoms with van der Waals surface area (Å²) in [6.45, 7) is 0. The summed E-state index contributed by atoms with van der Waals surface area (Å²) in [6, 6.07) is 10.1. The first kappa shape index (κ1) is 8.26. The average Bonchev–Trinajstić information content (AvgIpc) is 2.21. The Morgan fingerprint density at radius 1 is 1.15 bits per heavy atom. The molecule has 13 heavy (non-hydrogen) atoms. The maximum absolute atomic E-state index is 3.26. The summed E-state index contributed by atoms with van der Waals surface area (Å²) < 4.78 is 3.15. The second-order valence-electron chi connectivity index (χ2n) is 2.62. The number of para-hydroxylation sites is 1. The summed E-state index contributed by atoms with van der Waals surface area (Å²) in [5.41, 5.74) is 1.09. The summed E-state index contributed by atoms with van der Waals surface area (Å²) in [4.78, 5) is 0. The fraction of sp³-hybridized carbons (Fsp3) is 0. The lowest BCUT2D eigenvalue weighted by molar-refractivity contribution is 1.21. The molecule has 2 nitrogen and oxygen atoms in total. The van der Waals surface area contributed by atoms with Gasteiger partial charge in [0.25, 0.3) is 0 Å². The van der Waals surface area contributed by atoms with Gasteiger partial charge in [-0.1, -0.05) is 24.3 Å². The maximum atomic E-state index is 3.26. The van der Waals surface area contributed by atoms with Crippen LogP contribution in [0.15, 0.2) is 53.7 Å². The van der Waals surface area contributed by atoms with E-state index in [0.717, 1.165) is 11.5 Å². The minimum absolute atomic E-state index is 1.01. The summed E-state index contributed by atoms with van der Waals surface area (Å²) in [6.07, 6.45) is 4.01. The van der Waals surface area contributed by atoms with Crippen LogP contribution >= 0.6 is 11.9 Å². The highest BCUT2D eigenvalue weighted by atomic mass is 32.2. The molecule has 66 valence electrons. The van der Waals surface area contributed by atoms with Crippen LogP contribution in [0.2, 0.25) is 0 Å². The Bertz CT molecular complexity index is 330. The molecular formula is C10H10N2S. The summed E-state index contributed by atoms with van der Waals surface area (Å²) in [5, 5.41) is 5.25. The van der Waals surface area contributed by atoms with Crippen molar-refractivity contribution in [2.45, 2.75) is 0 Å². The van der Waals surface area contributed by atoms with E-state index in [2.05, 4.69) is 10.0 Å². The molecule has 0 atom stereocenters. The molecule has 0 fully saturated rings. The number of anilines is 1. The molecule has 2 N–H and O–H groups in total. The summed E-state index contributed by atoms with van der Waals surface area (Å²) >= 11 is 1.56. The minimum Gasteiger partial charge on any atom is -0.341 e. The van der Waals surface area contributed by atoms with Crippen LogP contribution in [0, 0.1) is 0 Å². The molecule has 1 aromatic carbocycles. The van der Waals surface area contributed by atoms with Crippen molar-refractivity contribution >= 4 is 17.6 Å². The quantitative estimate of drug-likeness (QED) is 0.701. The van der Waals surface area contributed by atoms with E-state index in [1.807, 2.05) is 47.9 Å². The van der Waals surface area contributed by atoms with Gasteiger partial charge >= 0.3 is 0 Å². The van der Waals surface area contributed by atoms with Crippen molar-refractivity contribution in [3.8, 4) is 0 Å². The number of nitrogens with one attached hydrogen (secondary N) is 2. The molecule has 1 aliphatic heterocycles. The molecule has 0 amide bonds. The topological polar surface area (TPSA) is 24.1 Å². The highest BCUT2D eigenvalue weighted by Gasteiger charge is 1.97. The largest absolute Gasteiger partial charge is 0.341 e. The Balaban J connectivity index is 2.06. The van der Waals surface area contributed by atoms with Crippen LogP contribution in [0.4, 0.5) is 5.69 Å². The molecule has 1 aromatic rings. The lowest BCUT2D eigenvalue weighted by atomic mass is 10.3. The van der Waals surface area contributed by atoms with E-state index in [4.69, 9.17) is 0 Å². The molecule has 3 heteroatoms. The number of rotatable bonds is 2. The maximum Gasteiger partial charge on any atom is 0.113 e. The summed E-state index contributed by atoms with van der Waals surface area (Å²) in [5.74, 6) is 1.01. The van der Waals surface area contributed by atoms with Crippen molar-refractivity contribution in [1.82, 2.24) is 4.72 Å². The van der Waals surface area contributed by atoms with E-state index < -0.39 is 0 Å². The fourth-order valence-corrected chi connectivity index (χ4v) is 1.52. The van der Waals surface area contributed by atoms with Crippen LogP contribution in [-0.2, 0) is 0 Å². The van der Waals surface area contributed by atoms with Crippen molar-refractivity contribution in [2.75, 3.05) is 5.32 Å². The van der Waals surface area contributed by atoms with Crippen LogP contribution in [0.5, 0.6) is 0 Å². The third kappa shape index (κ3) is 2.29. The Hall–Kier alpha value is -1.35. The molecule has 0 bridgehead atoms. The van der Waals surface area contributed by atoms with Crippen molar-refractivity contribution < 1.29 is 0 Å². The Kier molecular flexibility index (Phi) is 2.57. The Morgan fingerprint density at radius 3 is 2.69 bits per heavy atom. The molecule has 0 saturated heterocycles. The monoisotopic (exact) mass is 190 g/mol. The molecular weight excluding hydrogens is 180 g/mol. The van der Waals surface area contributed by atoms with Crippen LogP contribution in [0.3, 0.4) is 0 Å². The molecule has 0 aromatic heterocycles. The van der Waals surface area contributed by atoms with Gasteiger partial charge in [-0.2, -0.15) is 0 Å². The van der Waals surface area contributed by atoms with E-state index >= 15 is 0 Å². The van der Waals surface area contributed by atoms with E-state index in [1.165, 1.54) is 0 Å². The van der Waals surface area contributed by atoms with Gasteiger partial charge in [0.1, 0.15) is 5.82 Å². The molecule has 2 rings (SSSR count). The molecule has 0 aliphatic carbocycles. The zero-order chi connectivity index (χ0) is 8.93. The third-order valence-corrected chi connectivity index (χ3v) is 2.26. The van der Waals surface area contributed by atoms with Crippen molar-refractivity contribution in [3.63, 3.8) is 0 Å².